The van der Waals surface area contributed by atoms with E-state index in [0.29, 0.717) is 21.9 Å². The highest BCUT2D eigenvalue weighted by molar-refractivity contribution is 6.30. The summed E-state index contributed by atoms with van der Waals surface area (Å²) in [7, 11) is 0. The van der Waals surface area contributed by atoms with E-state index in [-0.39, 0.29) is 19.0 Å². The van der Waals surface area contributed by atoms with E-state index in [1.165, 1.54) is 19.1 Å². The fraction of sp³-hybridized carbons (Fsp3) is 0.200. The molecule has 0 saturated heterocycles. The van der Waals surface area contributed by atoms with Crippen LogP contribution in [0.15, 0.2) is 48.0 Å². The molecule has 0 saturated carbocycles. The molecule has 5 nitrogen and oxygen atoms in total. The molecule has 0 aliphatic carbocycles. The number of carbonyl (C=O) groups is 2. The van der Waals surface area contributed by atoms with Crippen molar-refractivity contribution in [3.63, 3.8) is 0 Å². The molecule has 0 spiro atoms. The highest BCUT2D eigenvalue weighted by atomic mass is 35.5. The van der Waals surface area contributed by atoms with E-state index in [1.54, 1.807) is 36.4 Å². The van der Waals surface area contributed by atoms with Gasteiger partial charge in [-0.25, -0.2) is 9.18 Å². The number of benzene rings is 2. The first-order chi connectivity index (χ1) is 12.9. The van der Waals surface area contributed by atoms with Gasteiger partial charge < -0.3 is 14.8 Å². The van der Waals surface area contributed by atoms with E-state index in [1.807, 2.05) is 0 Å². The molecule has 1 unspecified atom stereocenters. The molecule has 0 fully saturated rings. The third kappa shape index (κ3) is 4.86. The van der Waals surface area contributed by atoms with Crippen LogP contribution in [-0.4, -0.2) is 24.6 Å². The maximum Gasteiger partial charge on any atom is 0.338 e. The number of amides is 1. The fourth-order valence-electron chi connectivity index (χ4n) is 2.49. The van der Waals surface area contributed by atoms with Gasteiger partial charge in [0.1, 0.15) is 18.2 Å². The van der Waals surface area contributed by atoms with E-state index in [4.69, 9.17) is 21.1 Å². The Hall–Kier alpha value is -2.86. The van der Waals surface area contributed by atoms with Gasteiger partial charge in [-0.15, -0.1) is 0 Å². The van der Waals surface area contributed by atoms with Crippen LogP contribution in [0.2, 0.25) is 5.02 Å². The molecule has 7 heteroatoms. The van der Waals surface area contributed by atoms with Crippen molar-refractivity contribution in [2.75, 3.05) is 6.61 Å². The van der Waals surface area contributed by atoms with Gasteiger partial charge in [0.05, 0.1) is 5.57 Å². The number of rotatable bonds is 5. The van der Waals surface area contributed by atoms with Crippen molar-refractivity contribution in [3.05, 3.63) is 70.0 Å². The molecule has 1 heterocycles. The lowest BCUT2D eigenvalue weighted by molar-refractivity contribution is -0.151. The number of hydrogen-bond acceptors (Lipinski definition) is 4. The minimum Gasteiger partial charge on any atom is -0.488 e. The minimum atomic E-state index is -0.986. The van der Waals surface area contributed by atoms with Gasteiger partial charge in [0.25, 0.3) is 5.91 Å². The van der Waals surface area contributed by atoms with Crippen LogP contribution in [0, 0.1) is 5.82 Å². The van der Waals surface area contributed by atoms with Gasteiger partial charge in [-0.3, -0.25) is 4.79 Å². The van der Waals surface area contributed by atoms with Crippen molar-refractivity contribution in [2.45, 2.75) is 19.6 Å². The number of hydrogen-bond donors (Lipinski definition) is 1. The molecule has 1 N–H and O–H groups in total. The highest BCUT2D eigenvalue weighted by Crippen LogP contribution is 2.29. The summed E-state index contributed by atoms with van der Waals surface area (Å²) in [5.74, 6) is -0.808. The average molecular weight is 390 g/mol. The predicted octanol–water partition coefficient (Wildman–Crippen LogP) is 3.50. The fourth-order valence-corrected chi connectivity index (χ4v) is 2.67. The van der Waals surface area contributed by atoms with Gasteiger partial charge in [-0.05, 0) is 48.9 Å². The lowest BCUT2D eigenvalue weighted by atomic mass is 10.1. The summed E-state index contributed by atoms with van der Waals surface area (Å²) in [6.07, 6.45) is 0.649. The van der Waals surface area contributed by atoms with Crippen molar-refractivity contribution in [2.24, 2.45) is 0 Å². The molecule has 1 aliphatic rings. The van der Waals surface area contributed by atoms with E-state index in [2.05, 4.69) is 5.32 Å². The summed E-state index contributed by atoms with van der Waals surface area (Å²) in [4.78, 5) is 24.4. The second-order valence-corrected chi connectivity index (χ2v) is 6.47. The van der Waals surface area contributed by atoms with Gasteiger partial charge in [0, 0.05) is 17.1 Å². The van der Waals surface area contributed by atoms with Crippen LogP contribution >= 0.6 is 11.6 Å². The summed E-state index contributed by atoms with van der Waals surface area (Å²) in [5.41, 5.74) is 1.71. The number of esters is 1. The molecule has 1 aliphatic heterocycles. The lowest BCUT2D eigenvalue weighted by Gasteiger charge is -2.19. The zero-order valence-electron chi connectivity index (χ0n) is 14.5. The van der Waals surface area contributed by atoms with Crippen LogP contribution in [0.4, 0.5) is 4.39 Å². The zero-order chi connectivity index (χ0) is 19.4. The maximum atomic E-state index is 12.9. The smallest absolute Gasteiger partial charge is 0.338 e. The Kier molecular flexibility index (Phi) is 5.76. The molecule has 0 radical (unpaired) electrons. The second-order valence-electron chi connectivity index (χ2n) is 6.03. The number of nitrogens with one attached hydrogen (secondary N) is 1. The maximum absolute atomic E-state index is 12.9. The molecule has 27 heavy (non-hydrogen) atoms. The molecule has 2 aromatic carbocycles. The van der Waals surface area contributed by atoms with Gasteiger partial charge in [0.15, 0.2) is 6.10 Å². The molecule has 1 atom stereocenters. The van der Waals surface area contributed by atoms with E-state index >= 15 is 0 Å². The summed E-state index contributed by atoms with van der Waals surface area (Å²) in [5, 5.41) is 3.17. The molecule has 0 bridgehead atoms. The Morgan fingerprint density at radius 1 is 1.26 bits per heavy atom. The SMILES string of the molecule is CC(OC(=O)C1=Cc2cc(Cl)ccc2OC1)C(=O)NCc1ccc(F)cc1. The highest BCUT2D eigenvalue weighted by Gasteiger charge is 2.23. The molecule has 140 valence electrons. The van der Waals surface area contributed by atoms with Crippen LogP contribution in [0.5, 0.6) is 5.75 Å². The van der Waals surface area contributed by atoms with Crippen LogP contribution in [-0.2, 0) is 20.9 Å². The van der Waals surface area contributed by atoms with Crippen LogP contribution in [0.1, 0.15) is 18.1 Å². The Bertz CT molecular complexity index is 895. The summed E-state index contributed by atoms with van der Waals surface area (Å²) in [6.45, 7) is 1.74. The second kappa shape index (κ2) is 8.22. The van der Waals surface area contributed by atoms with Gasteiger partial charge in [-0.2, -0.15) is 0 Å². The quantitative estimate of drug-likeness (QED) is 0.795. The lowest BCUT2D eigenvalue weighted by Crippen LogP contribution is -2.36. The number of ether oxygens (including phenoxy) is 2. The van der Waals surface area contributed by atoms with E-state index in [9.17, 15) is 14.0 Å². The Morgan fingerprint density at radius 3 is 2.74 bits per heavy atom. The third-order valence-corrected chi connectivity index (χ3v) is 4.22. The zero-order valence-corrected chi connectivity index (χ0v) is 15.3. The third-order valence-electron chi connectivity index (χ3n) is 3.98. The largest absolute Gasteiger partial charge is 0.488 e. The van der Waals surface area contributed by atoms with Crippen molar-refractivity contribution in [1.82, 2.24) is 5.32 Å². The average Bonchev–Trinajstić information content (AvgIpc) is 2.66. The minimum absolute atomic E-state index is 0.0530. The molecular weight excluding hydrogens is 373 g/mol. The molecular formula is C20H17ClFNO4. The van der Waals surface area contributed by atoms with Crippen molar-refractivity contribution in [1.29, 1.82) is 0 Å². The van der Waals surface area contributed by atoms with E-state index in [0.717, 1.165) is 5.56 Å². The van der Waals surface area contributed by atoms with Gasteiger partial charge in [0.2, 0.25) is 0 Å². The molecule has 1 amide bonds. The van der Waals surface area contributed by atoms with Gasteiger partial charge in [-0.1, -0.05) is 23.7 Å². The molecule has 0 aromatic heterocycles. The summed E-state index contributed by atoms with van der Waals surface area (Å²) < 4.78 is 23.6. The van der Waals surface area contributed by atoms with E-state index < -0.39 is 18.0 Å². The Labute approximate surface area is 160 Å². The standard InChI is InChI=1S/C20H17ClFNO4/c1-12(19(24)23-10-13-2-5-17(22)6-3-13)27-20(25)15-8-14-9-16(21)4-7-18(14)26-11-15/h2-9,12H,10-11H2,1H3,(H,23,24). The predicted molar refractivity (Wildman–Crippen MR) is 98.7 cm³/mol. The van der Waals surface area contributed by atoms with Crippen LogP contribution in [0.25, 0.3) is 6.08 Å². The number of carbonyl (C=O) groups excluding carboxylic acids is 2. The van der Waals surface area contributed by atoms with Crippen LogP contribution < -0.4 is 10.1 Å². The summed E-state index contributed by atoms with van der Waals surface area (Å²) in [6, 6.07) is 10.9. The first-order valence-electron chi connectivity index (χ1n) is 8.28. The number of halogens is 2. The molecule has 3 rings (SSSR count). The van der Waals surface area contributed by atoms with Crippen molar-refractivity contribution < 1.29 is 23.5 Å². The van der Waals surface area contributed by atoms with Crippen LogP contribution in [0.3, 0.4) is 0 Å². The first-order valence-corrected chi connectivity index (χ1v) is 8.66. The summed E-state index contributed by atoms with van der Waals surface area (Å²) >= 11 is 5.95. The number of fused-ring (bicyclic) bond motifs is 1. The monoisotopic (exact) mass is 389 g/mol. The topological polar surface area (TPSA) is 64.6 Å². The van der Waals surface area contributed by atoms with Crippen molar-refractivity contribution in [3.8, 4) is 5.75 Å². The Morgan fingerprint density at radius 2 is 2.00 bits per heavy atom. The normalized spacial score (nSPS) is 13.7. The molecule has 2 aromatic rings. The van der Waals surface area contributed by atoms with Crippen molar-refractivity contribution >= 4 is 29.6 Å². The first kappa shape index (κ1) is 18.9. The Balaban J connectivity index is 1.57. The van der Waals surface area contributed by atoms with Gasteiger partial charge >= 0.3 is 5.97 Å².